The summed E-state index contributed by atoms with van der Waals surface area (Å²) in [5.41, 5.74) is 4.10. The number of nitrogens with zero attached hydrogens (tertiary/aromatic N) is 1. The van der Waals surface area contributed by atoms with Gasteiger partial charge in [-0.1, -0.05) is 88.8 Å². The third kappa shape index (κ3) is 3.38. The van der Waals surface area contributed by atoms with Crippen LogP contribution in [0, 0.1) is 6.92 Å². The minimum atomic E-state index is -3.60. The van der Waals surface area contributed by atoms with Gasteiger partial charge in [0.25, 0.3) is 10.0 Å². The van der Waals surface area contributed by atoms with Gasteiger partial charge in [0, 0.05) is 16.4 Å². The molecule has 0 amide bonds. The molecular weight excluding hydrogens is 469 g/mol. The van der Waals surface area contributed by atoms with E-state index in [4.69, 9.17) is 0 Å². The first-order valence-corrected chi connectivity index (χ1v) is 11.5. The summed E-state index contributed by atoms with van der Waals surface area (Å²) in [5, 5.41) is 0. The van der Waals surface area contributed by atoms with Crippen LogP contribution >= 0.6 is 22.6 Å². The van der Waals surface area contributed by atoms with Crippen molar-refractivity contribution in [2.24, 2.45) is 0 Å². The second-order valence-corrected chi connectivity index (χ2v) is 10.3. The number of halogens is 1. The third-order valence-electron chi connectivity index (χ3n) is 5.01. The van der Waals surface area contributed by atoms with Gasteiger partial charge in [0.2, 0.25) is 0 Å². The van der Waals surface area contributed by atoms with E-state index in [0.29, 0.717) is 11.4 Å². The molecule has 3 nitrogen and oxygen atoms in total. The molecule has 0 aromatic heterocycles. The highest BCUT2D eigenvalue weighted by molar-refractivity contribution is 14.1. The van der Waals surface area contributed by atoms with Crippen molar-refractivity contribution in [1.29, 1.82) is 0 Å². The van der Waals surface area contributed by atoms with E-state index in [9.17, 15) is 8.42 Å². The minimum Gasteiger partial charge on any atom is -0.265 e. The number of rotatable bonds is 3. The smallest absolute Gasteiger partial charge is 0.264 e. The van der Waals surface area contributed by atoms with Crippen molar-refractivity contribution < 1.29 is 8.42 Å². The summed E-state index contributed by atoms with van der Waals surface area (Å²) in [6, 6.07) is 25.3. The molecule has 1 heterocycles. The maximum Gasteiger partial charge on any atom is 0.264 e. The molecule has 0 saturated heterocycles. The summed E-state index contributed by atoms with van der Waals surface area (Å²) in [4.78, 5) is 0.338. The standard InChI is InChI=1S/C22H20INO2S/c1-16-11-13-18(14-12-16)27(25,26)24-15-20(23)22(17-7-3-2-4-8-17)19-9-5-6-10-21(19)24/h2-14,20,22H,15H2,1H3/t20-,22-/m1/s1. The van der Waals surface area contributed by atoms with Gasteiger partial charge in [-0.15, -0.1) is 0 Å². The average molecular weight is 489 g/mol. The molecule has 0 fully saturated rings. The lowest BCUT2D eigenvalue weighted by Crippen LogP contribution is -2.42. The Hall–Kier alpha value is -1.86. The van der Waals surface area contributed by atoms with Gasteiger partial charge in [-0.25, -0.2) is 8.42 Å². The zero-order chi connectivity index (χ0) is 19.0. The second-order valence-electron chi connectivity index (χ2n) is 6.81. The summed E-state index contributed by atoms with van der Waals surface area (Å²) < 4.78 is 28.5. The van der Waals surface area contributed by atoms with Gasteiger partial charge < -0.3 is 0 Å². The highest BCUT2D eigenvalue weighted by Gasteiger charge is 2.38. The molecule has 4 rings (SSSR count). The molecule has 0 unspecified atom stereocenters. The lowest BCUT2D eigenvalue weighted by molar-refractivity contribution is 0.585. The molecule has 1 aliphatic rings. The number of para-hydroxylation sites is 1. The molecule has 1 aliphatic heterocycles. The van der Waals surface area contributed by atoms with Crippen molar-refractivity contribution in [3.05, 3.63) is 95.6 Å². The lowest BCUT2D eigenvalue weighted by Gasteiger charge is -2.38. The number of anilines is 1. The topological polar surface area (TPSA) is 37.4 Å². The Bertz CT molecular complexity index is 1050. The number of fused-ring (bicyclic) bond motifs is 1. The normalized spacial score (nSPS) is 19.6. The number of sulfonamides is 1. The lowest BCUT2D eigenvalue weighted by atomic mass is 9.85. The molecule has 5 heteroatoms. The van der Waals surface area contributed by atoms with E-state index in [1.54, 1.807) is 16.4 Å². The first-order valence-electron chi connectivity index (χ1n) is 8.86. The summed E-state index contributed by atoms with van der Waals surface area (Å²) in [7, 11) is -3.60. The van der Waals surface area contributed by atoms with Crippen LogP contribution in [0.2, 0.25) is 0 Å². The number of alkyl halides is 1. The van der Waals surface area contributed by atoms with Gasteiger partial charge in [-0.2, -0.15) is 0 Å². The van der Waals surface area contributed by atoms with E-state index in [1.165, 1.54) is 5.56 Å². The van der Waals surface area contributed by atoms with Crippen LogP contribution < -0.4 is 4.31 Å². The molecule has 0 bridgehead atoms. The zero-order valence-corrected chi connectivity index (χ0v) is 17.9. The molecule has 0 spiro atoms. The van der Waals surface area contributed by atoms with E-state index in [1.807, 2.05) is 55.5 Å². The highest BCUT2D eigenvalue weighted by atomic mass is 127. The monoisotopic (exact) mass is 489 g/mol. The molecule has 138 valence electrons. The summed E-state index contributed by atoms with van der Waals surface area (Å²) >= 11 is 2.39. The van der Waals surface area contributed by atoms with Crippen LogP contribution in [0.25, 0.3) is 0 Å². The second kappa shape index (κ2) is 7.28. The van der Waals surface area contributed by atoms with E-state index in [-0.39, 0.29) is 9.84 Å². The Kier molecular flexibility index (Phi) is 4.99. The maximum atomic E-state index is 13.4. The maximum absolute atomic E-state index is 13.4. The van der Waals surface area contributed by atoms with Crippen molar-refractivity contribution in [3.8, 4) is 0 Å². The predicted octanol–water partition coefficient (Wildman–Crippen LogP) is 5.14. The molecule has 0 aliphatic carbocycles. The fraction of sp³-hybridized carbons (Fsp3) is 0.182. The van der Waals surface area contributed by atoms with Gasteiger partial charge in [-0.05, 0) is 36.2 Å². The van der Waals surface area contributed by atoms with Gasteiger partial charge in [-0.3, -0.25) is 4.31 Å². The number of hydrogen-bond acceptors (Lipinski definition) is 2. The number of aryl methyl sites for hydroxylation is 1. The zero-order valence-electron chi connectivity index (χ0n) is 14.9. The Morgan fingerprint density at radius 1 is 0.889 bits per heavy atom. The van der Waals surface area contributed by atoms with Crippen LogP contribution in [-0.4, -0.2) is 18.9 Å². The molecule has 3 aromatic carbocycles. The van der Waals surface area contributed by atoms with Crippen molar-refractivity contribution in [3.63, 3.8) is 0 Å². The van der Waals surface area contributed by atoms with E-state index >= 15 is 0 Å². The Labute approximate surface area is 174 Å². The molecule has 0 radical (unpaired) electrons. The molecule has 0 saturated carbocycles. The number of benzene rings is 3. The SMILES string of the molecule is Cc1ccc(S(=O)(=O)N2C[C@@H](I)[C@H](c3ccccc3)c3ccccc32)cc1. The fourth-order valence-electron chi connectivity index (χ4n) is 3.65. The Balaban J connectivity index is 1.83. The Morgan fingerprint density at radius 2 is 1.52 bits per heavy atom. The van der Waals surface area contributed by atoms with Crippen LogP contribution in [0.5, 0.6) is 0 Å². The van der Waals surface area contributed by atoms with Crippen LogP contribution in [0.1, 0.15) is 22.6 Å². The van der Waals surface area contributed by atoms with E-state index in [2.05, 4.69) is 40.8 Å². The number of hydrogen-bond donors (Lipinski definition) is 0. The third-order valence-corrected chi connectivity index (χ3v) is 7.92. The predicted molar refractivity (Wildman–Crippen MR) is 118 cm³/mol. The van der Waals surface area contributed by atoms with Crippen LogP contribution in [0.3, 0.4) is 0 Å². The molecule has 0 N–H and O–H groups in total. The van der Waals surface area contributed by atoms with Gasteiger partial charge in [0.15, 0.2) is 0 Å². The summed E-state index contributed by atoms with van der Waals surface area (Å²) in [6.07, 6.45) is 0. The molecular formula is C22H20INO2S. The first kappa shape index (κ1) is 18.5. The van der Waals surface area contributed by atoms with Gasteiger partial charge >= 0.3 is 0 Å². The first-order chi connectivity index (χ1) is 13.0. The van der Waals surface area contributed by atoms with Crippen LogP contribution in [-0.2, 0) is 10.0 Å². The fourth-order valence-corrected chi connectivity index (χ4v) is 6.63. The van der Waals surface area contributed by atoms with Gasteiger partial charge in [0.1, 0.15) is 0 Å². The van der Waals surface area contributed by atoms with E-state index in [0.717, 1.165) is 16.8 Å². The summed E-state index contributed by atoms with van der Waals surface area (Å²) in [5.74, 6) is 0.174. The van der Waals surface area contributed by atoms with Crippen molar-refractivity contribution in [1.82, 2.24) is 0 Å². The van der Waals surface area contributed by atoms with Crippen LogP contribution in [0.4, 0.5) is 5.69 Å². The van der Waals surface area contributed by atoms with E-state index < -0.39 is 10.0 Å². The highest BCUT2D eigenvalue weighted by Crippen LogP contribution is 2.44. The minimum absolute atomic E-state index is 0.139. The van der Waals surface area contributed by atoms with Crippen LogP contribution in [0.15, 0.2) is 83.8 Å². The average Bonchev–Trinajstić information content (AvgIpc) is 2.68. The Morgan fingerprint density at radius 3 is 2.22 bits per heavy atom. The quantitative estimate of drug-likeness (QED) is 0.378. The molecule has 3 aromatic rings. The molecule has 27 heavy (non-hydrogen) atoms. The van der Waals surface area contributed by atoms with Gasteiger partial charge in [0.05, 0.1) is 10.6 Å². The molecule has 2 atom stereocenters. The van der Waals surface area contributed by atoms with Crippen molar-refractivity contribution in [2.75, 3.05) is 10.8 Å². The van der Waals surface area contributed by atoms with Crippen molar-refractivity contribution in [2.45, 2.75) is 21.7 Å². The summed E-state index contributed by atoms with van der Waals surface area (Å²) in [6.45, 7) is 2.41. The van der Waals surface area contributed by atoms with Crippen molar-refractivity contribution >= 4 is 38.3 Å². The largest absolute Gasteiger partial charge is 0.265 e.